The molecule has 0 heterocycles. The Balaban J connectivity index is 2.33. The Hall–Kier alpha value is -0.830. The average molecular weight is 329 g/mol. The molecule has 0 atom stereocenters. The number of halogens is 4. The molecule has 1 aromatic rings. The first-order chi connectivity index (χ1) is 9.10. The van der Waals surface area contributed by atoms with E-state index in [1.165, 1.54) is 0 Å². The first-order valence-corrected chi connectivity index (χ1v) is 7.57. The summed E-state index contributed by atoms with van der Waals surface area (Å²) in [6.45, 7) is 0.129. The quantitative estimate of drug-likeness (QED) is 0.889. The molecular formula is C11H12ClF3N2O2S. The second kappa shape index (κ2) is 4.87. The normalized spacial score (nSPS) is 18.1. The van der Waals surface area contributed by atoms with E-state index in [0.29, 0.717) is 25.0 Å². The van der Waals surface area contributed by atoms with Gasteiger partial charge in [0.05, 0.1) is 10.6 Å². The summed E-state index contributed by atoms with van der Waals surface area (Å²) in [4.78, 5) is -0.383. The third-order valence-corrected chi connectivity index (χ3v) is 5.21. The van der Waals surface area contributed by atoms with Crippen molar-refractivity contribution in [1.82, 2.24) is 4.72 Å². The van der Waals surface area contributed by atoms with Gasteiger partial charge in [0, 0.05) is 12.1 Å². The monoisotopic (exact) mass is 328 g/mol. The van der Waals surface area contributed by atoms with Crippen LogP contribution >= 0.6 is 11.6 Å². The molecular weight excluding hydrogens is 317 g/mol. The van der Waals surface area contributed by atoms with Crippen molar-refractivity contribution in [2.45, 2.75) is 29.5 Å². The fraction of sp³-hybridized carbons (Fsp3) is 0.455. The van der Waals surface area contributed by atoms with E-state index in [9.17, 15) is 21.6 Å². The van der Waals surface area contributed by atoms with E-state index in [4.69, 9.17) is 17.3 Å². The maximum absolute atomic E-state index is 12.5. The van der Waals surface area contributed by atoms with E-state index < -0.39 is 32.3 Å². The molecule has 0 radical (unpaired) electrons. The van der Waals surface area contributed by atoms with Gasteiger partial charge in [-0.1, -0.05) is 11.6 Å². The molecule has 9 heteroatoms. The summed E-state index contributed by atoms with van der Waals surface area (Å²) in [6, 6.07) is 2.13. The molecule has 0 amide bonds. The van der Waals surface area contributed by atoms with Crippen molar-refractivity contribution in [3.05, 3.63) is 28.8 Å². The number of rotatable bonds is 4. The van der Waals surface area contributed by atoms with E-state index in [2.05, 4.69) is 4.72 Å². The van der Waals surface area contributed by atoms with Crippen LogP contribution in [0.25, 0.3) is 0 Å². The van der Waals surface area contributed by atoms with Crippen LogP contribution in [0.15, 0.2) is 23.1 Å². The van der Waals surface area contributed by atoms with E-state index in [1.54, 1.807) is 0 Å². The topological polar surface area (TPSA) is 72.2 Å². The van der Waals surface area contributed by atoms with Crippen LogP contribution in [0.1, 0.15) is 18.4 Å². The lowest BCUT2D eigenvalue weighted by Gasteiger charge is -2.16. The van der Waals surface area contributed by atoms with Gasteiger partial charge in [0.15, 0.2) is 0 Å². The minimum atomic E-state index is -4.58. The number of hydrogen-bond acceptors (Lipinski definition) is 3. The highest BCUT2D eigenvalue weighted by atomic mass is 35.5. The lowest BCUT2D eigenvalue weighted by Crippen LogP contribution is -2.42. The summed E-state index contributed by atoms with van der Waals surface area (Å²) in [6.07, 6.45) is -3.38. The lowest BCUT2D eigenvalue weighted by molar-refractivity contribution is -0.137. The predicted octanol–water partition coefficient (Wildman–Crippen LogP) is 2.13. The molecule has 2 rings (SSSR count). The standard InChI is InChI=1S/C11H12ClF3N2O2S/c12-8-5-7(11(13,14)15)1-2-9(8)20(18,19)17-10(6-16)3-4-10/h1-2,5,17H,3-4,6,16H2. The molecule has 0 aliphatic heterocycles. The van der Waals surface area contributed by atoms with Gasteiger partial charge in [-0.3, -0.25) is 0 Å². The molecule has 0 unspecified atom stereocenters. The summed E-state index contributed by atoms with van der Waals surface area (Å²) in [7, 11) is -3.99. The van der Waals surface area contributed by atoms with Crippen LogP contribution in [0.2, 0.25) is 5.02 Å². The minimum Gasteiger partial charge on any atom is -0.329 e. The van der Waals surface area contributed by atoms with Crippen LogP contribution in [0, 0.1) is 0 Å². The van der Waals surface area contributed by atoms with E-state index >= 15 is 0 Å². The Morgan fingerprint density at radius 2 is 1.95 bits per heavy atom. The zero-order valence-electron chi connectivity index (χ0n) is 10.2. The van der Waals surface area contributed by atoms with Crippen molar-refractivity contribution in [2.24, 2.45) is 5.73 Å². The van der Waals surface area contributed by atoms with Crippen LogP contribution in [-0.4, -0.2) is 20.5 Å². The Kier molecular flexibility index (Phi) is 3.79. The van der Waals surface area contributed by atoms with Gasteiger partial charge < -0.3 is 5.73 Å². The van der Waals surface area contributed by atoms with Crippen LogP contribution < -0.4 is 10.5 Å². The Bertz CT molecular complexity index is 627. The molecule has 112 valence electrons. The van der Waals surface area contributed by atoms with Crippen LogP contribution in [0.5, 0.6) is 0 Å². The highest BCUT2D eigenvalue weighted by molar-refractivity contribution is 7.89. The van der Waals surface area contributed by atoms with Crippen molar-refractivity contribution in [3.8, 4) is 0 Å². The molecule has 1 fully saturated rings. The maximum Gasteiger partial charge on any atom is 0.416 e. The third kappa shape index (κ3) is 3.08. The fourth-order valence-corrected chi connectivity index (χ4v) is 3.75. The van der Waals surface area contributed by atoms with Crippen molar-refractivity contribution in [2.75, 3.05) is 6.54 Å². The molecule has 1 aliphatic rings. The summed E-state index contributed by atoms with van der Waals surface area (Å²) in [5.74, 6) is 0. The fourth-order valence-electron chi connectivity index (χ4n) is 1.73. The highest BCUT2D eigenvalue weighted by Crippen LogP contribution is 2.37. The molecule has 0 aromatic heterocycles. The summed E-state index contributed by atoms with van der Waals surface area (Å²) in [5.41, 5.74) is 3.78. The van der Waals surface area contributed by atoms with Crippen molar-refractivity contribution >= 4 is 21.6 Å². The second-order valence-corrected chi connectivity index (χ2v) is 6.79. The van der Waals surface area contributed by atoms with Gasteiger partial charge >= 0.3 is 6.18 Å². The van der Waals surface area contributed by atoms with Crippen LogP contribution in [-0.2, 0) is 16.2 Å². The smallest absolute Gasteiger partial charge is 0.329 e. The first-order valence-electron chi connectivity index (χ1n) is 5.70. The third-order valence-electron chi connectivity index (χ3n) is 3.14. The minimum absolute atomic E-state index is 0.129. The number of sulfonamides is 1. The first kappa shape index (κ1) is 15.6. The Morgan fingerprint density at radius 3 is 2.35 bits per heavy atom. The highest BCUT2D eigenvalue weighted by Gasteiger charge is 2.45. The van der Waals surface area contributed by atoms with Gasteiger partial charge in [0.1, 0.15) is 4.90 Å². The predicted molar refractivity (Wildman–Crippen MR) is 67.8 cm³/mol. The van der Waals surface area contributed by atoms with Gasteiger partial charge in [0.25, 0.3) is 0 Å². The zero-order valence-corrected chi connectivity index (χ0v) is 11.7. The SMILES string of the molecule is NCC1(NS(=O)(=O)c2ccc(C(F)(F)F)cc2Cl)CC1. The maximum atomic E-state index is 12.5. The molecule has 0 bridgehead atoms. The Labute approximate surface area is 119 Å². The van der Waals surface area contributed by atoms with E-state index in [1.807, 2.05) is 0 Å². The number of alkyl halides is 3. The summed E-state index contributed by atoms with van der Waals surface area (Å²) >= 11 is 5.66. The molecule has 1 aromatic carbocycles. The molecule has 4 nitrogen and oxygen atoms in total. The summed E-state index contributed by atoms with van der Waals surface area (Å²) < 4.78 is 64.1. The van der Waals surface area contributed by atoms with Crippen LogP contribution in [0.4, 0.5) is 13.2 Å². The number of nitrogens with one attached hydrogen (secondary N) is 1. The number of hydrogen-bond donors (Lipinski definition) is 2. The van der Waals surface area contributed by atoms with Gasteiger partial charge in [-0.15, -0.1) is 0 Å². The molecule has 0 spiro atoms. The zero-order chi connectivity index (χ0) is 15.2. The van der Waals surface area contributed by atoms with E-state index in [-0.39, 0.29) is 11.4 Å². The van der Waals surface area contributed by atoms with Gasteiger partial charge in [-0.25, -0.2) is 13.1 Å². The van der Waals surface area contributed by atoms with Gasteiger partial charge in [-0.05, 0) is 31.0 Å². The number of benzene rings is 1. The Morgan fingerprint density at radius 1 is 1.35 bits per heavy atom. The largest absolute Gasteiger partial charge is 0.416 e. The molecule has 1 aliphatic carbocycles. The lowest BCUT2D eigenvalue weighted by atomic mass is 10.2. The van der Waals surface area contributed by atoms with Gasteiger partial charge in [-0.2, -0.15) is 13.2 Å². The van der Waals surface area contributed by atoms with Gasteiger partial charge in [0.2, 0.25) is 10.0 Å². The van der Waals surface area contributed by atoms with Crippen molar-refractivity contribution < 1.29 is 21.6 Å². The average Bonchev–Trinajstić information content (AvgIpc) is 3.07. The number of nitrogens with two attached hydrogens (primary N) is 1. The molecule has 20 heavy (non-hydrogen) atoms. The van der Waals surface area contributed by atoms with Crippen LogP contribution in [0.3, 0.4) is 0 Å². The van der Waals surface area contributed by atoms with Crippen molar-refractivity contribution in [3.63, 3.8) is 0 Å². The second-order valence-electron chi connectivity index (χ2n) is 4.73. The van der Waals surface area contributed by atoms with E-state index in [0.717, 1.165) is 6.07 Å². The molecule has 0 saturated heterocycles. The molecule has 3 N–H and O–H groups in total. The molecule has 1 saturated carbocycles. The van der Waals surface area contributed by atoms with Crippen molar-refractivity contribution in [1.29, 1.82) is 0 Å². The summed E-state index contributed by atoms with van der Waals surface area (Å²) in [5, 5.41) is -0.472.